The summed E-state index contributed by atoms with van der Waals surface area (Å²) in [5.41, 5.74) is -0.481. The van der Waals surface area contributed by atoms with Crippen LogP contribution in [0.5, 0.6) is 0 Å². The molecule has 2 aliphatic heterocycles. The molecule has 21 heavy (non-hydrogen) atoms. The monoisotopic (exact) mass is 319 g/mol. The van der Waals surface area contributed by atoms with E-state index in [1.807, 2.05) is 4.90 Å². The van der Waals surface area contributed by atoms with Crippen molar-refractivity contribution in [2.24, 2.45) is 5.41 Å². The van der Waals surface area contributed by atoms with Crippen LogP contribution in [-0.4, -0.2) is 63.2 Å². The summed E-state index contributed by atoms with van der Waals surface area (Å²) in [6, 6.07) is 0. The summed E-state index contributed by atoms with van der Waals surface area (Å²) in [5, 5.41) is 6.07. The number of halogens is 1. The Labute approximate surface area is 132 Å². The summed E-state index contributed by atoms with van der Waals surface area (Å²) in [6.45, 7) is 3.80. The van der Waals surface area contributed by atoms with Crippen LogP contribution in [-0.2, 0) is 14.3 Å². The van der Waals surface area contributed by atoms with E-state index in [9.17, 15) is 9.59 Å². The molecule has 0 aromatic carbocycles. The molecule has 0 radical (unpaired) electrons. The van der Waals surface area contributed by atoms with E-state index in [0.717, 1.165) is 51.9 Å². The molecule has 0 aliphatic carbocycles. The minimum Gasteiger partial charge on any atom is -0.384 e. The van der Waals surface area contributed by atoms with Gasteiger partial charge in [0.05, 0.1) is 18.6 Å². The Morgan fingerprint density at radius 3 is 2.43 bits per heavy atom. The molecule has 2 heterocycles. The van der Waals surface area contributed by atoms with Gasteiger partial charge in [-0.3, -0.25) is 9.59 Å². The molecule has 2 saturated heterocycles. The van der Waals surface area contributed by atoms with Gasteiger partial charge in [-0.15, -0.1) is 12.4 Å². The van der Waals surface area contributed by atoms with Crippen molar-refractivity contribution in [1.29, 1.82) is 0 Å². The van der Waals surface area contributed by atoms with Crippen LogP contribution in [0.1, 0.15) is 25.7 Å². The van der Waals surface area contributed by atoms with Crippen LogP contribution in [0.15, 0.2) is 0 Å². The minimum absolute atomic E-state index is 0. The van der Waals surface area contributed by atoms with E-state index in [2.05, 4.69) is 10.6 Å². The Balaban J connectivity index is 0.00000220. The fourth-order valence-corrected chi connectivity index (χ4v) is 3.04. The van der Waals surface area contributed by atoms with E-state index in [1.54, 1.807) is 7.11 Å². The van der Waals surface area contributed by atoms with Crippen molar-refractivity contribution in [1.82, 2.24) is 15.5 Å². The van der Waals surface area contributed by atoms with Gasteiger partial charge in [-0.2, -0.15) is 0 Å². The van der Waals surface area contributed by atoms with Crippen molar-refractivity contribution < 1.29 is 14.3 Å². The zero-order valence-electron chi connectivity index (χ0n) is 12.7. The van der Waals surface area contributed by atoms with E-state index in [1.165, 1.54) is 0 Å². The molecule has 2 aliphatic rings. The minimum atomic E-state index is -0.481. The van der Waals surface area contributed by atoms with E-state index in [-0.39, 0.29) is 30.8 Å². The highest BCUT2D eigenvalue weighted by Crippen LogP contribution is 2.29. The molecule has 0 atom stereocenters. The van der Waals surface area contributed by atoms with Crippen molar-refractivity contribution in [3.63, 3.8) is 0 Å². The highest BCUT2D eigenvalue weighted by molar-refractivity contribution is 5.88. The van der Waals surface area contributed by atoms with Gasteiger partial charge in [0, 0.05) is 20.2 Å². The van der Waals surface area contributed by atoms with Crippen LogP contribution < -0.4 is 10.6 Å². The van der Waals surface area contributed by atoms with Crippen LogP contribution >= 0.6 is 12.4 Å². The third-order valence-corrected chi connectivity index (χ3v) is 4.32. The first kappa shape index (κ1) is 18.2. The SMILES string of the molecule is COCC1(C(=O)NCC(=O)N2CCCC2)CCNCC1.Cl. The lowest BCUT2D eigenvalue weighted by atomic mass is 9.78. The molecular weight excluding hydrogens is 294 g/mol. The predicted molar refractivity (Wildman–Crippen MR) is 82.5 cm³/mol. The quantitative estimate of drug-likeness (QED) is 0.757. The van der Waals surface area contributed by atoms with E-state index in [4.69, 9.17) is 4.74 Å². The number of nitrogens with zero attached hydrogens (tertiary/aromatic N) is 1. The van der Waals surface area contributed by atoms with Gasteiger partial charge in [0.1, 0.15) is 0 Å². The molecule has 2 N–H and O–H groups in total. The largest absolute Gasteiger partial charge is 0.384 e. The number of rotatable bonds is 5. The molecule has 2 rings (SSSR count). The van der Waals surface area contributed by atoms with Crippen molar-refractivity contribution >= 4 is 24.2 Å². The van der Waals surface area contributed by atoms with E-state index in [0.29, 0.717) is 6.61 Å². The number of likely N-dealkylation sites (tertiary alicyclic amines) is 1. The van der Waals surface area contributed by atoms with Gasteiger partial charge >= 0.3 is 0 Å². The van der Waals surface area contributed by atoms with Gasteiger partial charge in [0.25, 0.3) is 0 Å². The Kier molecular flexibility index (Phi) is 7.42. The number of carbonyl (C=O) groups is 2. The maximum Gasteiger partial charge on any atom is 0.241 e. The van der Waals surface area contributed by atoms with Crippen molar-refractivity contribution in [3.05, 3.63) is 0 Å². The zero-order valence-corrected chi connectivity index (χ0v) is 13.5. The van der Waals surface area contributed by atoms with Gasteiger partial charge in [0.2, 0.25) is 11.8 Å². The van der Waals surface area contributed by atoms with E-state index < -0.39 is 5.41 Å². The number of amides is 2. The Bertz CT molecular complexity index is 348. The maximum atomic E-state index is 12.4. The highest BCUT2D eigenvalue weighted by atomic mass is 35.5. The topological polar surface area (TPSA) is 70.7 Å². The second-order valence-electron chi connectivity index (χ2n) is 5.73. The first-order chi connectivity index (χ1) is 9.68. The lowest BCUT2D eigenvalue weighted by Crippen LogP contribution is -2.52. The average Bonchev–Trinajstić information content (AvgIpc) is 3.00. The standard InChI is InChI=1S/C14H25N3O3.ClH/c1-20-11-14(4-6-15-7-5-14)13(19)16-10-12(18)17-8-2-3-9-17;/h15H,2-11H2,1H3,(H,16,19);1H. The Morgan fingerprint density at radius 2 is 1.86 bits per heavy atom. The number of hydrogen-bond donors (Lipinski definition) is 2. The highest BCUT2D eigenvalue weighted by Gasteiger charge is 2.39. The van der Waals surface area contributed by atoms with Gasteiger partial charge < -0.3 is 20.3 Å². The smallest absolute Gasteiger partial charge is 0.241 e. The number of piperidine rings is 1. The molecule has 2 amide bonds. The molecule has 6 nitrogen and oxygen atoms in total. The van der Waals surface area contributed by atoms with Gasteiger partial charge in [-0.05, 0) is 38.8 Å². The molecule has 2 fully saturated rings. The number of hydrogen-bond acceptors (Lipinski definition) is 4. The normalized spacial score (nSPS) is 20.7. The molecule has 0 aromatic rings. The van der Waals surface area contributed by atoms with Crippen LogP contribution in [0.25, 0.3) is 0 Å². The molecule has 0 aromatic heterocycles. The predicted octanol–water partition coefficient (Wildman–Crippen LogP) is 0.163. The number of carbonyl (C=O) groups excluding carboxylic acids is 2. The van der Waals surface area contributed by atoms with Crippen molar-refractivity contribution in [2.75, 3.05) is 46.4 Å². The molecule has 0 unspecified atom stereocenters. The molecular formula is C14H26ClN3O3. The lowest BCUT2D eigenvalue weighted by molar-refractivity contribution is -0.139. The summed E-state index contributed by atoms with van der Waals surface area (Å²) in [6.07, 6.45) is 3.65. The summed E-state index contributed by atoms with van der Waals surface area (Å²) in [5.74, 6) is -0.0225. The van der Waals surface area contributed by atoms with Crippen molar-refractivity contribution in [3.8, 4) is 0 Å². The molecule has 0 spiro atoms. The molecule has 0 bridgehead atoms. The Hall–Kier alpha value is -0.850. The fourth-order valence-electron chi connectivity index (χ4n) is 3.04. The summed E-state index contributed by atoms with van der Waals surface area (Å²) < 4.78 is 5.23. The Morgan fingerprint density at radius 1 is 1.24 bits per heavy atom. The summed E-state index contributed by atoms with van der Waals surface area (Å²) >= 11 is 0. The molecule has 0 saturated carbocycles. The van der Waals surface area contributed by atoms with Crippen molar-refractivity contribution in [2.45, 2.75) is 25.7 Å². The number of nitrogens with one attached hydrogen (secondary N) is 2. The summed E-state index contributed by atoms with van der Waals surface area (Å²) in [4.78, 5) is 26.2. The molecule has 7 heteroatoms. The third-order valence-electron chi connectivity index (χ3n) is 4.32. The van der Waals surface area contributed by atoms with Gasteiger partial charge in [0.15, 0.2) is 0 Å². The number of methoxy groups -OCH3 is 1. The molecule has 122 valence electrons. The second-order valence-corrected chi connectivity index (χ2v) is 5.73. The average molecular weight is 320 g/mol. The van der Waals surface area contributed by atoms with Crippen LogP contribution in [0.2, 0.25) is 0 Å². The third kappa shape index (κ3) is 4.56. The fraction of sp³-hybridized carbons (Fsp3) is 0.857. The number of ether oxygens (including phenoxy) is 1. The van der Waals surface area contributed by atoms with Gasteiger partial charge in [-0.1, -0.05) is 0 Å². The van der Waals surface area contributed by atoms with Gasteiger partial charge in [-0.25, -0.2) is 0 Å². The van der Waals surface area contributed by atoms with E-state index >= 15 is 0 Å². The second kappa shape index (κ2) is 8.56. The van der Waals surface area contributed by atoms with Crippen LogP contribution in [0.3, 0.4) is 0 Å². The summed E-state index contributed by atoms with van der Waals surface area (Å²) in [7, 11) is 1.62. The zero-order chi connectivity index (χ0) is 14.4. The van der Waals surface area contributed by atoms with Crippen LogP contribution in [0.4, 0.5) is 0 Å². The first-order valence-corrected chi connectivity index (χ1v) is 7.44. The van der Waals surface area contributed by atoms with Crippen LogP contribution in [0, 0.1) is 5.41 Å². The lowest BCUT2D eigenvalue weighted by Gasteiger charge is -2.35. The first-order valence-electron chi connectivity index (χ1n) is 7.44. The maximum absolute atomic E-state index is 12.4.